The van der Waals surface area contributed by atoms with E-state index in [1.165, 1.54) is 36.3 Å². The molecule has 2 N–H and O–H groups in total. The van der Waals surface area contributed by atoms with Gasteiger partial charge in [0.2, 0.25) is 0 Å². The average Bonchev–Trinajstić information content (AvgIpc) is 3.81. The lowest BCUT2D eigenvalue weighted by molar-refractivity contribution is 0.118. The van der Waals surface area contributed by atoms with E-state index in [9.17, 15) is 15.2 Å². The summed E-state index contributed by atoms with van der Waals surface area (Å²) in [4.78, 5) is 33.0. The number of aromatic nitrogens is 4. The van der Waals surface area contributed by atoms with Gasteiger partial charge >= 0.3 is 12.1 Å². The molecule has 3 atom stereocenters. The third-order valence-corrected chi connectivity index (χ3v) is 10.5. The summed E-state index contributed by atoms with van der Waals surface area (Å²) in [6, 6.07) is 7.25. The zero-order valence-corrected chi connectivity index (χ0v) is 26.9. The summed E-state index contributed by atoms with van der Waals surface area (Å²) in [6.07, 6.45) is 6.57. The number of H-pyrrole nitrogens is 1. The van der Waals surface area contributed by atoms with Crippen LogP contribution >= 0.6 is 0 Å². The van der Waals surface area contributed by atoms with Crippen molar-refractivity contribution < 1.29 is 14.6 Å². The molecule has 0 aliphatic carbocycles. The molecule has 0 spiro atoms. The second kappa shape index (κ2) is 12.9. The molecule has 3 aromatic rings. The third kappa shape index (κ3) is 5.91. The zero-order chi connectivity index (χ0) is 31.8. The fourth-order valence-electron chi connectivity index (χ4n) is 7.99. The van der Waals surface area contributed by atoms with Crippen molar-refractivity contribution in [1.82, 2.24) is 34.9 Å². The SMILES string of the molecule is Cc1ccc2[nH]ncc2c1N1CCc2c(nc(OCC3CCCN3CC3CCCN3C)nc2N2CCN(C(=O)O)C(CC#N)C2)C1. The predicted octanol–water partition coefficient (Wildman–Crippen LogP) is 3.24. The van der Waals surface area contributed by atoms with Gasteiger partial charge in [-0.1, -0.05) is 6.07 Å². The molecule has 3 fully saturated rings. The van der Waals surface area contributed by atoms with Gasteiger partial charge in [0, 0.05) is 55.8 Å². The number of aromatic amines is 1. The Labute approximate surface area is 269 Å². The van der Waals surface area contributed by atoms with Gasteiger partial charge in [0.15, 0.2) is 0 Å². The number of likely N-dealkylation sites (N-methyl/N-ethyl adjacent to an activating group) is 1. The van der Waals surface area contributed by atoms with E-state index in [1.54, 1.807) is 0 Å². The Kier molecular flexibility index (Phi) is 8.57. The topological polar surface area (TPSA) is 141 Å². The smallest absolute Gasteiger partial charge is 0.407 e. The maximum absolute atomic E-state index is 11.9. The Morgan fingerprint density at radius 3 is 2.74 bits per heavy atom. The molecular formula is C33H44N10O3. The molecule has 2 aromatic heterocycles. The van der Waals surface area contributed by atoms with E-state index >= 15 is 0 Å². The van der Waals surface area contributed by atoms with Crippen molar-refractivity contribution in [2.24, 2.45) is 0 Å². The number of carboxylic acid groups (broad SMARTS) is 1. The molecule has 1 amide bonds. The van der Waals surface area contributed by atoms with E-state index in [2.05, 4.69) is 62.0 Å². The van der Waals surface area contributed by atoms with E-state index in [1.807, 2.05) is 6.20 Å². The second-order valence-corrected chi connectivity index (χ2v) is 13.3. The first-order valence-corrected chi connectivity index (χ1v) is 16.7. The van der Waals surface area contributed by atoms with Crippen molar-refractivity contribution in [3.05, 3.63) is 35.2 Å². The molecule has 0 bridgehead atoms. The van der Waals surface area contributed by atoms with Crippen molar-refractivity contribution in [3.63, 3.8) is 0 Å². The molecule has 13 heteroatoms. The number of anilines is 2. The van der Waals surface area contributed by atoms with Crippen LogP contribution in [0.4, 0.5) is 16.3 Å². The Morgan fingerprint density at radius 1 is 1.09 bits per heavy atom. The fourth-order valence-corrected chi connectivity index (χ4v) is 7.99. The summed E-state index contributed by atoms with van der Waals surface area (Å²) in [5.41, 5.74) is 5.35. The van der Waals surface area contributed by atoms with Gasteiger partial charge in [-0.2, -0.15) is 20.3 Å². The van der Waals surface area contributed by atoms with E-state index in [4.69, 9.17) is 14.7 Å². The highest BCUT2D eigenvalue weighted by atomic mass is 16.5. The predicted molar refractivity (Wildman–Crippen MR) is 174 cm³/mol. The minimum absolute atomic E-state index is 0.134. The quantitative estimate of drug-likeness (QED) is 0.380. The van der Waals surface area contributed by atoms with Gasteiger partial charge < -0.3 is 29.4 Å². The number of amides is 1. The normalized spacial score (nSPS) is 24.0. The number of hydrogen-bond acceptors (Lipinski definition) is 10. The molecule has 3 saturated heterocycles. The first-order valence-electron chi connectivity index (χ1n) is 16.7. The summed E-state index contributed by atoms with van der Waals surface area (Å²) in [6.45, 7) is 8.62. The maximum Gasteiger partial charge on any atom is 0.407 e. The van der Waals surface area contributed by atoms with Crippen LogP contribution in [0.2, 0.25) is 0 Å². The minimum Gasteiger partial charge on any atom is -0.465 e. The number of nitrogens with one attached hydrogen (secondary N) is 1. The number of benzene rings is 1. The highest BCUT2D eigenvalue weighted by Gasteiger charge is 2.35. The minimum atomic E-state index is -0.988. The average molecular weight is 629 g/mol. The number of piperazine rings is 1. The molecule has 0 radical (unpaired) electrons. The third-order valence-electron chi connectivity index (χ3n) is 10.5. The number of likely N-dealkylation sites (tertiary alicyclic amines) is 2. The van der Waals surface area contributed by atoms with Crippen LogP contribution in [0.25, 0.3) is 10.9 Å². The van der Waals surface area contributed by atoms with Crippen molar-refractivity contribution in [2.75, 3.05) is 69.3 Å². The van der Waals surface area contributed by atoms with E-state index in [0.717, 1.165) is 66.1 Å². The number of aryl methyl sites for hydroxylation is 1. The number of nitriles is 1. The summed E-state index contributed by atoms with van der Waals surface area (Å²) in [5.74, 6) is 0.807. The van der Waals surface area contributed by atoms with Crippen molar-refractivity contribution in [1.29, 1.82) is 5.26 Å². The Balaban J connectivity index is 1.17. The number of nitrogens with zero attached hydrogens (tertiary/aromatic N) is 9. The fraction of sp³-hybridized carbons (Fsp3) is 0.606. The van der Waals surface area contributed by atoms with Crippen molar-refractivity contribution >= 4 is 28.5 Å². The largest absolute Gasteiger partial charge is 0.465 e. The molecular weight excluding hydrogens is 584 g/mol. The highest BCUT2D eigenvalue weighted by Crippen LogP contribution is 2.36. The van der Waals surface area contributed by atoms with E-state index in [0.29, 0.717) is 50.9 Å². The molecule has 46 heavy (non-hydrogen) atoms. The van der Waals surface area contributed by atoms with Crippen LogP contribution in [0.5, 0.6) is 6.01 Å². The summed E-state index contributed by atoms with van der Waals surface area (Å²) in [7, 11) is 2.23. The summed E-state index contributed by atoms with van der Waals surface area (Å²) < 4.78 is 6.47. The van der Waals surface area contributed by atoms with E-state index in [-0.39, 0.29) is 6.42 Å². The Morgan fingerprint density at radius 2 is 1.93 bits per heavy atom. The second-order valence-electron chi connectivity index (χ2n) is 13.3. The lowest BCUT2D eigenvalue weighted by Gasteiger charge is -2.41. The molecule has 244 valence electrons. The van der Waals surface area contributed by atoms with Crippen LogP contribution in [0, 0.1) is 18.3 Å². The lowest BCUT2D eigenvalue weighted by Crippen LogP contribution is -2.55. The standard InChI is InChI=1S/C33H44N10O3/c1-22-7-8-28-27(17-35-38-28)30(22)41-14-10-26-29(20-41)36-32(37-31(26)42-15-16-43(33(44)45)24(19-42)9-11-34)46-21-25-6-4-13-40(25)18-23-5-3-12-39(23)2/h7-8,17,23-25H,3-6,9-10,12-16,18-21H2,1-2H3,(H,35,38)(H,44,45). The Bertz CT molecular complexity index is 1620. The van der Waals surface area contributed by atoms with Gasteiger partial charge in [-0.25, -0.2) is 4.79 Å². The highest BCUT2D eigenvalue weighted by molar-refractivity contribution is 5.93. The number of rotatable bonds is 8. The van der Waals surface area contributed by atoms with Gasteiger partial charge in [-0.3, -0.25) is 10.00 Å². The molecule has 13 nitrogen and oxygen atoms in total. The zero-order valence-electron chi connectivity index (χ0n) is 26.9. The number of hydrogen-bond donors (Lipinski definition) is 2. The van der Waals surface area contributed by atoms with Gasteiger partial charge in [0.05, 0.1) is 48.2 Å². The van der Waals surface area contributed by atoms with Gasteiger partial charge in [-0.15, -0.1) is 0 Å². The van der Waals surface area contributed by atoms with Gasteiger partial charge in [0.25, 0.3) is 0 Å². The monoisotopic (exact) mass is 628 g/mol. The molecule has 0 saturated carbocycles. The molecule has 7 rings (SSSR count). The lowest BCUT2D eigenvalue weighted by atomic mass is 10.0. The molecule has 3 unspecified atom stereocenters. The number of carbonyl (C=O) groups is 1. The Hall–Kier alpha value is -4.15. The van der Waals surface area contributed by atoms with Crippen LogP contribution in [-0.4, -0.2) is 124 Å². The van der Waals surface area contributed by atoms with Crippen LogP contribution < -0.4 is 14.5 Å². The first kappa shape index (κ1) is 30.5. The first-order chi connectivity index (χ1) is 22.4. The van der Waals surface area contributed by atoms with Crippen molar-refractivity contribution in [2.45, 2.75) is 70.1 Å². The van der Waals surface area contributed by atoms with Crippen molar-refractivity contribution in [3.8, 4) is 12.1 Å². The molecule has 4 aliphatic heterocycles. The number of ether oxygens (including phenoxy) is 1. The maximum atomic E-state index is 11.9. The summed E-state index contributed by atoms with van der Waals surface area (Å²) in [5, 5.41) is 27.7. The summed E-state index contributed by atoms with van der Waals surface area (Å²) >= 11 is 0. The van der Waals surface area contributed by atoms with Crippen LogP contribution in [0.1, 0.15) is 48.9 Å². The van der Waals surface area contributed by atoms with Crippen LogP contribution in [0.15, 0.2) is 18.3 Å². The van der Waals surface area contributed by atoms with Gasteiger partial charge in [0.1, 0.15) is 12.4 Å². The molecule has 4 aliphatic rings. The molecule has 1 aromatic carbocycles. The molecule has 6 heterocycles. The van der Waals surface area contributed by atoms with Gasteiger partial charge in [-0.05, 0) is 70.8 Å². The van der Waals surface area contributed by atoms with Crippen LogP contribution in [0.3, 0.4) is 0 Å². The van der Waals surface area contributed by atoms with E-state index < -0.39 is 12.1 Å². The van der Waals surface area contributed by atoms with Crippen LogP contribution in [-0.2, 0) is 13.0 Å². The number of fused-ring (bicyclic) bond motifs is 2.